The largest absolute Gasteiger partial charge is 0.309 e. The monoisotopic (exact) mass is 288 g/mol. The molecule has 1 aromatic carbocycles. The lowest BCUT2D eigenvalue weighted by molar-refractivity contribution is 0.0682. The van der Waals surface area contributed by atoms with Gasteiger partial charge in [0.25, 0.3) is 0 Å². The first-order valence-corrected chi connectivity index (χ1v) is 8.47. The van der Waals surface area contributed by atoms with Crippen LogP contribution in [0.4, 0.5) is 0 Å². The molecule has 0 amide bonds. The first-order valence-electron chi connectivity index (χ1n) is 8.47. The van der Waals surface area contributed by atoms with E-state index in [0.29, 0.717) is 17.5 Å². The molecule has 0 spiro atoms. The third-order valence-corrected chi connectivity index (χ3v) is 4.85. The summed E-state index contributed by atoms with van der Waals surface area (Å²) >= 11 is 0. The van der Waals surface area contributed by atoms with E-state index in [9.17, 15) is 0 Å². The quantitative estimate of drug-likeness (QED) is 0.875. The van der Waals surface area contributed by atoms with Crippen molar-refractivity contribution in [2.45, 2.75) is 59.5 Å². The number of rotatable bonds is 5. The maximum absolute atomic E-state index is 3.70. The molecule has 1 fully saturated rings. The molecule has 0 radical (unpaired) electrons. The second kappa shape index (κ2) is 6.93. The standard InChI is InChI=1S/C19H32N2/c1-6-20-18(17-10-8-15(2)9-11-17)16(3)21-13-7-12-19(4,5)14-21/h8-11,16,18,20H,6-7,12-14H2,1-5H3. The van der Waals surface area contributed by atoms with E-state index in [1.165, 1.54) is 37.1 Å². The Morgan fingerprint density at radius 2 is 1.90 bits per heavy atom. The van der Waals surface area contributed by atoms with E-state index >= 15 is 0 Å². The van der Waals surface area contributed by atoms with E-state index < -0.39 is 0 Å². The van der Waals surface area contributed by atoms with Crippen molar-refractivity contribution in [1.29, 1.82) is 0 Å². The van der Waals surface area contributed by atoms with Crippen LogP contribution in [0.5, 0.6) is 0 Å². The normalized spacial score (nSPS) is 22.0. The average molecular weight is 288 g/mol. The number of hydrogen-bond acceptors (Lipinski definition) is 2. The molecule has 1 N–H and O–H groups in total. The summed E-state index contributed by atoms with van der Waals surface area (Å²) in [4.78, 5) is 2.68. The number of piperidine rings is 1. The smallest absolute Gasteiger partial charge is 0.0475 e. The predicted molar refractivity (Wildman–Crippen MR) is 91.6 cm³/mol. The van der Waals surface area contributed by atoms with Gasteiger partial charge in [-0.25, -0.2) is 0 Å². The highest BCUT2D eigenvalue weighted by molar-refractivity contribution is 5.25. The summed E-state index contributed by atoms with van der Waals surface area (Å²) in [7, 11) is 0. The van der Waals surface area contributed by atoms with Gasteiger partial charge in [0.2, 0.25) is 0 Å². The van der Waals surface area contributed by atoms with E-state index in [2.05, 4.69) is 69.1 Å². The third-order valence-electron chi connectivity index (χ3n) is 4.85. The van der Waals surface area contributed by atoms with Gasteiger partial charge in [0, 0.05) is 18.6 Å². The number of hydrogen-bond donors (Lipinski definition) is 1. The number of likely N-dealkylation sites (tertiary alicyclic amines) is 1. The van der Waals surface area contributed by atoms with E-state index in [1.807, 2.05) is 0 Å². The Bertz CT molecular complexity index is 435. The summed E-state index contributed by atoms with van der Waals surface area (Å²) in [6, 6.07) is 9.98. The Kier molecular flexibility index (Phi) is 5.45. The molecule has 1 aromatic rings. The second-order valence-corrected chi connectivity index (χ2v) is 7.42. The van der Waals surface area contributed by atoms with Crippen LogP contribution in [0.15, 0.2) is 24.3 Å². The molecule has 21 heavy (non-hydrogen) atoms. The fourth-order valence-electron chi connectivity index (χ4n) is 3.59. The van der Waals surface area contributed by atoms with Crippen LogP contribution in [0, 0.1) is 12.3 Å². The molecule has 2 nitrogen and oxygen atoms in total. The fraction of sp³-hybridized carbons (Fsp3) is 0.684. The van der Waals surface area contributed by atoms with Gasteiger partial charge in [-0.15, -0.1) is 0 Å². The summed E-state index contributed by atoms with van der Waals surface area (Å²) in [5, 5.41) is 3.70. The zero-order valence-corrected chi connectivity index (χ0v) is 14.4. The molecule has 2 unspecified atom stereocenters. The Labute approximate surface area is 130 Å². The molecule has 0 bridgehead atoms. The summed E-state index contributed by atoms with van der Waals surface area (Å²) in [5.74, 6) is 0. The van der Waals surface area contributed by atoms with Crippen LogP contribution >= 0.6 is 0 Å². The highest BCUT2D eigenvalue weighted by atomic mass is 15.2. The first-order chi connectivity index (χ1) is 9.93. The van der Waals surface area contributed by atoms with Gasteiger partial charge in [-0.05, 0) is 50.8 Å². The van der Waals surface area contributed by atoms with Crippen LogP contribution in [0.2, 0.25) is 0 Å². The van der Waals surface area contributed by atoms with Gasteiger partial charge in [0.15, 0.2) is 0 Å². The molecular formula is C19H32N2. The van der Waals surface area contributed by atoms with Crippen LogP contribution < -0.4 is 5.32 Å². The minimum Gasteiger partial charge on any atom is -0.309 e. The van der Waals surface area contributed by atoms with Crippen molar-refractivity contribution in [3.05, 3.63) is 35.4 Å². The molecule has 0 aliphatic carbocycles. The molecule has 2 rings (SSSR count). The van der Waals surface area contributed by atoms with Gasteiger partial charge in [0.1, 0.15) is 0 Å². The molecule has 118 valence electrons. The van der Waals surface area contributed by atoms with E-state index in [-0.39, 0.29) is 0 Å². The first kappa shape index (κ1) is 16.5. The lowest BCUT2D eigenvalue weighted by Crippen LogP contribution is -2.49. The van der Waals surface area contributed by atoms with Gasteiger partial charge in [-0.1, -0.05) is 50.6 Å². The topological polar surface area (TPSA) is 15.3 Å². The minimum atomic E-state index is 0.421. The third kappa shape index (κ3) is 4.31. The van der Waals surface area contributed by atoms with E-state index in [4.69, 9.17) is 0 Å². The van der Waals surface area contributed by atoms with Crippen LogP contribution in [0.1, 0.15) is 57.7 Å². The molecule has 1 aliphatic heterocycles. The number of likely N-dealkylation sites (N-methyl/N-ethyl adjacent to an activating group) is 1. The van der Waals surface area contributed by atoms with Crippen molar-refractivity contribution < 1.29 is 0 Å². The van der Waals surface area contributed by atoms with Crippen LogP contribution in [-0.4, -0.2) is 30.6 Å². The molecule has 0 saturated carbocycles. The van der Waals surface area contributed by atoms with Gasteiger partial charge < -0.3 is 5.32 Å². The zero-order chi connectivity index (χ0) is 15.5. The Morgan fingerprint density at radius 3 is 2.48 bits per heavy atom. The van der Waals surface area contributed by atoms with E-state index in [0.717, 1.165) is 6.54 Å². The SMILES string of the molecule is CCNC(c1ccc(C)cc1)C(C)N1CCCC(C)(C)C1. The van der Waals surface area contributed by atoms with Crippen molar-refractivity contribution in [2.24, 2.45) is 5.41 Å². The second-order valence-electron chi connectivity index (χ2n) is 7.42. The summed E-state index contributed by atoms with van der Waals surface area (Å²) < 4.78 is 0. The number of nitrogens with zero attached hydrogens (tertiary/aromatic N) is 1. The maximum atomic E-state index is 3.70. The summed E-state index contributed by atoms with van der Waals surface area (Å²) in [5.41, 5.74) is 3.20. The number of aryl methyl sites for hydroxylation is 1. The van der Waals surface area contributed by atoms with Gasteiger partial charge in [-0.2, -0.15) is 0 Å². The molecular weight excluding hydrogens is 256 g/mol. The fourth-order valence-corrected chi connectivity index (χ4v) is 3.59. The van der Waals surface area contributed by atoms with Crippen molar-refractivity contribution in [3.8, 4) is 0 Å². The molecule has 1 saturated heterocycles. The summed E-state index contributed by atoms with van der Waals surface area (Å²) in [6.45, 7) is 15.0. The van der Waals surface area contributed by atoms with Gasteiger partial charge in [-0.3, -0.25) is 4.90 Å². The summed E-state index contributed by atoms with van der Waals surface area (Å²) in [6.07, 6.45) is 2.68. The lowest BCUT2D eigenvalue weighted by Gasteiger charge is -2.44. The molecule has 2 atom stereocenters. The number of benzene rings is 1. The van der Waals surface area contributed by atoms with Crippen molar-refractivity contribution in [1.82, 2.24) is 10.2 Å². The Hall–Kier alpha value is -0.860. The minimum absolute atomic E-state index is 0.421. The molecule has 0 aromatic heterocycles. The zero-order valence-electron chi connectivity index (χ0n) is 14.4. The van der Waals surface area contributed by atoms with Crippen LogP contribution in [0.3, 0.4) is 0 Å². The van der Waals surface area contributed by atoms with Crippen molar-refractivity contribution in [2.75, 3.05) is 19.6 Å². The van der Waals surface area contributed by atoms with E-state index in [1.54, 1.807) is 0 Å². The number of nitrogens with one attached hydrogen (secondary N) is 1. The van der Waals surface area contributed by atoms with Crippen molar-refractivity contribution >= 4 is 0 Å². The molecule has 1 heterocycles. The van der Waals surface area contributed by atoms with Crippen LogP contribution in [0.25, 0.3) is 0 Å². The van der Waals surface area contributed by atoms with Gasteiger partial charge in [0.05, 0.1) is 0 Å². The molecule has 2 heteroatoms. The highest BCUT2D eigenvalue weighted by Crippen LogP contribution is 2.32. The molecule has 1 aliphatic rings. The highest BCUT2D eigenvalue weighted by Gasteiger charge is 2.32. The van der Waals surface area contributed by atoms with Crippen molar-refractivity contribution in [3.63, 3.8) is 0 Å². The van der Waals surface area contributed by atoms with Crippen LogP contribution in [-0.2, 0) is 0 Å². The predicted octanol–water partition coefficient (Wildman–Crippen LogP) is 4.16. The lowest BCUT2D eigenvalue weighted by atomic mass is 9.83. The van der Waals surface area contributed by atoms with Gasteiger partial charge >= 0.3 is 0 Å². The average Bonchev–Trinajstić information content (AvgIpc) is 2.44. The Morgan fingerprint density at radius 1 is 1.24 bits per heavy atom. The maximum Gasteiger partial charge on any atom is 0.0475 e. The Balaban J connectivity index is 2.15.